The number of ketones is 1. The average Bonchev–Trinajstić information content (AvgIpc) is 3.12. The predicted octanol–water partition coefficient (Wildman–Crippen LogP) is 5.38. The van der Waals surface area contributed by atoms with E-state index < -0.39 is 0 Å². The molecule has 0 radical (unpaired) electrons. The Morgan fingerprint density at radius 1 is 0.871 bits per heavy atom. The van der Waals surface area contributed by atoms with Gasteiger partial charge in [-0.3, -0.25) is 9.59 Å². The first kappa shape index (κ1) is 20.6. The van der Waals surface area contributed by atoms with Crippen molar-refractivity contribution in [3.63, 3.8) is 0 Å². The van der Waals surface area contributed by atoms with Gasteiger partial charge < -0.3 is 9.80 Å². The summed E-state index contributed by atoms with van der Waals surface area (Å²) in [5.74, 6) is -0.161. The Kier molecular flexibility index (Phi) is 5.72. The zero-order chi connectivity index (χ0) is 22.0. The molecule has 4 nitrogen and oxygen atoms in total. The lowest BCUT2D eigenvalue weighted by molar-refractivity contribution is -0.117. The number of amides is 1. The molecule has 1 amide bonds. The summed E-state index contributed by atoms with van der Waals surface area (Å²) in [5.41, 5.74) is 4.70. The van der Waals surface area contributed by atoms with Crippen molar-refractivity contribution in [2.75, 3.05) is 23.9 Å². The van der Waals surface area contributed by atoms with Crippen LogP contribution in [0.3, 0.4) is 0 Å². The molecule has 1 aliphatic rings. The third kappa shape index (κ3) is 4.02. The van der Waals surface area contributed by atoms with Gasteiger partial charge in [0.05, 0.1) is 6.04 Å². The van der Waals surface area contributed by atoms with E-state index in [4.69, 9.17) is 0 Å². The molecule has 1 aliphatic heterocycles. The van der Waals surface area contributed by atoms with E-state index in [9.17, 15) is 9.59 Å². The van der Waals surface area contributed by atoms with Crippen molar-refractivity contribution in [1.29, 1.82) is 0 Å². The van der Waals surface area contributed by atoms with Crippen LogP contribution in [-0.2, 0) is 4.79 Å². The first-order valence-electron chi connectivity index (χ1n) is 10.4. The largest absolute Gasteiger partial charge is 0.378 e. The summed E-state index contributed by atoms with van der Waals surface area (Å²) in [6, 6.07) is 25.3. The van der Waals surface area contributed by atoms with Crippen molar-refractivity contribution in [2.24, 2.45) is 0 Å². The van der Waals surface area contributed by atoms with Crippen molar-refractivity contribution in [3.8, 4) is 0 Å². The smallest absolute Gasteiger partial charge is 0.224 e. The number of hydrogen-bond donors (Lipinski definition) is 0. The molecule has 156 valence electrons. The average molecular weight is 411 g/mol. The van der Waals surface area contributed by atoms with Gasteiger partial charge in [-0.15, -0.1) is 0 Å². The molecule has 0 N–H and O–H groups in total. The highest BCUT2D eigenvalue weighted by molar-refractivity contribution is 6.05. The van der Waals surface area contributed by atoms with Gasteiger partial charge in [0.1, 0.15) is 0 Å². The van der Waals surface area contributed by atoms with E-state index in [2.05, 4.69) is 0 Å². The number of allylic oxidation sites excluding steroid dienone is 1. The molecule has 4 rings (SSSR count). The maximum absolute atomic E-state index is 12.9. The van der Waals surface area contributed by atoms with Crippen LogP contribution in [0.15, 0.2) is 91.0 Å². The van der Waals surface area contributed by atoms with Gasteiger partial charge in [-0.05, 0) is 47.5 Å². The van der Waals surface area contributed by atoms with Crippen LogP contribution in [0, 0.1) is 0 Å². The fraction of sp³-hybridized carbons (Fsp3) is 0.185. The molecule has 0 saturated carbocycles. The number of hydrogen-bond acceptors (Lipinski definition) is 3. The van der Waals surface area contributed by atoms with Crippen molar-refractivity contribution in [3.05, 3.63) is 108 Å². The maximum atomic E-state index is 12.9. The van der Waals surface area contributed by atoms with Gasteiger partial charge in [0.15, 0.2) is 5.78 Å². The summed E-state index contributed by atoms with van der Waals surface area (Å²) in [6.07, 6.45) is 3.59. The SMILES string of the molecule is CC(=O)N1c2ccccc2C(/C=C/C(=O)c2ccc(N(C)C)cc2)C1c1ccccc1. The van der Waals surface area contributed by atoms with E-state index in [0.29, 0.717) is 5.56 Å². The van der Waals surface area contributed by atoms with Crippen LogP contribution >= 0.6 is 0 Å². The van der Waals surface area contributed by atoms with Crippen LogP contribution in [0.5, 0.6) is 0 Å². The maximum Gasteiger partial charge on any atom is 0.224 e. The lowest BCUT2D eigenvalue weighted by atomic mass is 9.89. The highest BCUT2D eigenvalue weighted by atomic mass is 16.2. The van der Waals surface area contributed by atoms with Gasteiger partial charge in [0, 0.05) is 43.9 Å². The van der Waals surface area contributed by atoms with E-state index in [1.54, 1.807) is 13.0 Å². The number of para-hydroxylation sites is 1. The number of carbonyl (C=O) groups is 2. The number of benzene rings is 3. The second-order valence-electron chi connectivity index (χ2n) is 7.99. The zero-order valence-corrected chi connectivity index (χ0v) is 18.0. The van der Waals surface area contributed by atoms with Crippen molar-refractivity contribution >= 4 is 23.1 Å². The molecule has 3 aromatic carbocycles. The molecular formula is C27H26N2O2. The van der Waals surface area contributed by atoms with Gasteiger partial charge in [0.2, 0.25) is 5.91 Å². The third-order valence-corrected chi connectivity index (χ3v) is 5.78. The van der Waals surface area contributed by atoms with Gasteiger partial charge in [-0.1, -0.05) is 54.6 Å². The standard InChI is InChI=1S/C27H26N2O2/c1-19(30)29-25-12-8-7-11-23(25)24(27(29)21-9-5-4-6-10-21)17-18-26(31)20-13-15-22(16-14-20)28(2)3/h4-18,24,27H,1-3H3/b18-17+. The van der Waals surface area contributed by atoms with E-state index in [-0.39, 0.29) is 23.7 Å². The number of rotatable bonds is 5. The minimum absolute atomic E-state index is 0.0113. The van der Waals surface area contributed by atoms with Crippen LogP contribution in [0.4, 0.5) is 11.4 Å². The summed E-state index contributed by atoms with van der Waals surface area (Å²) >= 11 is 0. The molecule has 0 bridgehead atoms. The Morgan fingerprint density at radius 3 is 2.16 bits per heavy atom. The van der Waals surface area contributed by atoms with Gasteiger partial charge in [0.25, 0.3) is 0 Å². The van der Waals surface area contributed by atoms with Crippen molar-refractivity contribution < 1.29 is 9.59 Å². The minimum Gasteiger partial charge on any atom is -0.378 e. The number of carbonyl (C=O) groups excluding carboxylic acids is 2. The molecule has 2 atom stereocenters. The van der Waals surface area contributed by atoms with Crippen molar-refractivity contribution in [2.45, 2.75) is 18.9 Å². The highest BCUT2D eigenvalue weighted by Gasteiger charge is 2.39. The van der Waals surface area contributed by atoms with Gasteiger partial charge in [-0.2, -0.15) is 0 Å². The lowest BCUT2D eigenvalue weighted by Gasteiger charge is -2.27. The summed E-state index contributed by atoms with van der Waals surface area (Å²) in [4.78, 5) is 29.3. The first-order chi connectivity index (χ1) is 15.0. The van der Waals surface area contributed by atoms with Gasteiger partial charge in [-0.25, -0.2) is 0 Å². The quantitative estimate of drug-likeness (QED) is 0.419. The second-order valence-corrected chi connectivity index (χ2v) is 7.99. The first-order valence-corrected chi connectivity index (χ1v) is 10.4. The predicted molar refractivity (Wildman–Crippen MR) is 126 cm³/mol. The Hall–Kier alpha value is -3.66. The molecule has 4 heteroatoms. The summed E-state index contributed by atoms with van der Waals surface area (Å²) in [7, 11) is 3.94. The van der Waals surface area contributed by atoms with Crippen LogP contribution in [0.2, 0.25) is 0 Å². The molecule has 0 aromatic heterocycles. The molecule has 0 fully saturated rings. The minimum atomic E-state index is -0.184. The van der Waals surface area contributed by atoms with Crippen LogP contribution in [-0.4, -0.2) is 25.8 Å². The molecule has 0 saturated heterocycles. The molecule has 2 unspecified atom stereocenters. The Morgan fingerprint density at radius 2 is 1.52 bits per heavy atom. The second kappa shape index (κ2) is 8.60. The topological polar surface area (TPSA) is 40.6 Å². The fourth-order valence-electron chi connectivity index (χ4n) is 4.26. The number of anilines is 2. The lowest BCUT2D eigenvalue weighted by Crippen LogP contribution is -2.31. The highest BCUT2D eigenvalue weighted by Crippen LogP contribution is 2.49. The number of nitrogens with zero attached hydrogens (tertiary/aromatic N) is 2. The molecule has 31 heavy (non-hydrogen) atoms. The normalized spacial score (nSPS) is 17.6. The van der Waals surface area contributed by atoms with E-state index >= 15 is 0 Å². The van der Waals surface area contributed by atoms with Crippen LogP contribution in [0.1, 0.15) is 40.4 Å². The van der Waals surface area contributed by atoms with E-state index in [1.165, 1.54) is 0 Å². The Bertz CT molecular complexity index is 1120. The monoisotopic (exact) mass is 410 g/mol. The molecule has 3 aromatic rings. The third-order valence-electron chi connectivity index (χ3n) is 5.78. The summed E-state index contributed by atoms with van der Waals surface area (Å²) in [6.45, 7) is 1.59. The summed E-state index contributed by atoms with van der Waals surface area (Å²) < 4.78 is 0. The molecule has 0 aliphatic carbocycles. The van der Waals surface area contributed by atoms with Crippen molar-refractivity contribution in [1.82, 2.24) is 0 Å². The Labute approximate surface area is 183 Å². The molecule has 0 spiro atoms. The van der Waals surface area contributed by atoms with Crippen LogP contribution < -0.4 is 9.80 Å². The number of fused-ring (bicyclic) bond motifs is 1. The molecular weight excluding hydrogens is 384 g/mol. The molecule has 1 heterocycles. The van der Waals surface area contributed by atoms with E-state index in [0.717, 1.165) is 22.5 Å². The Balaban J connectivity index is 1.70. The zero-order valence-electron chi connectivity index (χ0n) is 18.0. The summed E-state index contributed by atoms with van der Waals surface area (Å²) in [5, 5.41) is 0. The van der Waals surface area contributed by atoms with E-state index in [1.807, 2.05) is 109 Å². The van der Waals surface area contributed by atoms with Gasteiger partial charge >= 0.3 is 0 Å². The fourth-order valence-corrected chi connectivity index (χ4v) is 4.26. The van der Waals surface area contributed by atoms with Crippen LogP contribution in [0.25, 0.3) is 0 Å².